The lowest BCUT2D eigenvalue weighted by atomic mass is 9.96. The Labute approximate surface area is 96.4 Å². The van der Waals surface area contributed by atoms with Crippen LogP contribution in [0.3, 0.4) is 0 Å². The van der Waals surface area contributed by atoms with Gasteiger partial charge in [0, 0.05) is 19.6 Å². The van der Waals surface area contributed by atoms with E-state index >= 15 is 0 Å². The molecule has 5 nitrogen and oxygen atoms in total. The van der Waals surface area contributed by atoms with Crippen LogP contribution in [-0.2, 0) is 16.8 Å². The number of hydrogen-bond acceptors (Lipinski definition) is 5. The van der Waals surface area contributed by atoms with Gasteiger partial charge in [0.05, 0.1) is 0 Å². The maximum atomic E-state index is 5.79. The molecule has 0 atom stereocenters. The zero-order valence-electron chi connectivity index (χ0n) is 10.3. The van der Waals surface area contributed by atoms with Crippen LogP contribution >= 0.6 is 0 Å². The van der Waals surface area contributed by atoms with E-state index in [1.165, 1.54) is 0 Å². The number of rotatable bonds is 7. The first kappa shape index (κ1) is 13.1. The van der Waals surface area contributed by atoms with Gasteiger partial charge in [-0.05, 0) is 19.8 Å². The van der Waals surface area contributed by atoms with E-state index in [0.29, 0.717) is 31.3 Å². The first-order chi connectivity index (χ1) is 7.72. The predicted molar refractivity (Wildman–Crippen MR) is 60.9 cm³/mol. The van der Waals surface area contributed by atoms with Crippen molar-refractivity contribution in [3.05, 3.63) is 11.7 Å². The second kappa shape index (κ2) is 5.96. The SMILES string of the molecule is CCOC(CC)(CC)c1noc(CCN)n1. The highest BCUT2D eigenvalue weighted by molar-refractivity contribution is 5.01. The molecule has 1 rings (SSSR count). The Kier molecular flexibility index (Phi) is 4.89. The topological polar surface area (TPSA) is 74.2 Å². The van der Waals surface area contributed by atoms with Gasteiger partial charge in [0.2, 0.25) is 11.7 Å². The summed E-state index contributed by atoms with van der Waals surface area (Å²) in [7, 11) is 0. The van der Waals surface area contributed by atoms with Gasteiger partial charge in [-0.3, -0.25) is 0 Å². The molecule has 0 saturated carbocycles. The molecule has 0 unspecified atom stereocenters. The van der Waals surface area contributed by atoms with E-state index in [1.54, 1.807) is 0 Å². The third-order valence-corrected chi connectivity index (χ3v) is 2.80. The molecule has 1 heterocycles. The molecule has 2 N–H and O–H groups in total. The normalized spacial score (nSPS) is 12.0. The minimum absolute atomic E-state index is 0.412. The molecule has 5 heteroatoms. The molecule has 0 spiro atoms. The first-order valence-corrected chi connectivity index (χ1v) is 5.89. The van der Waals surface area contributed by atoms with Gasteiger partial charge in [0.1, 0.15) is 5.60 Å². The van der Waals surface area contributed by atoms with Gasteiger partial charge in [-0.25, -0.2) is 0 Å². The van der Waals surface area contributed by atoms with E-state index in [0.717, 1.165) is 12.8 Å². The Morgan fingerprint density at radius 2 is 2.00 bits per heavy atom. The molecule has 0 fully saturated rings. The summed E-state index contributed by atoms with van der Waals surface area (Å²) in [5, 5.41) is 4.00. The van der Waals surface area contributed by atoms with Crippen LogP contribution in [0.1, 0.15) is 45.3 Å². The van der Waals surface area contributed by atoms with E-state index in [-0.39, 0.29) is 0 Å². The van der Waals surface area contributed by atoms with Crippen LogP contribution in [0.4, 0.5) is 0 Å². The molecule has 1 aromatic heterocycles. The zero-order valence-corrected chi connectivity index (χ0v) is 10.3. The molecular weight excluding hydrogens is 206 g/mol. The number of nitrogens with zero attached hydrogens (tertiary/aromatic N) is 2. The molecule has 92 valence electrons. The van der Waals surface area contributed by atoms with Crippen molar-refractivity contribution in [2.75, 3.05) is 13.2 Å². The van der Waals surface area contributed by atoms with Gasteiger partial charge in [-0.1, -0.05) is 19.0 Å². The van der Waals surface area contributed by atoms with E-state index < -0.39 is 5.60 Å². The van der Waals surface area contributed by atoms with Gasteiger partial charge in [0.15, 0.2) is 0 Å². The van der Waals surface area contributed by atoms with Crippen molar-refractivity contribution in [2.24, 2.45) is 5.73 Å². The van der Waals surface area contributed by atoms with Crippen molar-refractivity contribution in [2.45, 2.75) is 45.6 Å². The lowest BCUT2D eigenvalue weighted by Gasteiger charge is -2.27. The largest absolute Gasteiger partial charge is 0.367 e. The summed E-state index contributed by atoms with van der Waals surface area (Å²) in [5.74, 6) is 1.23. The summed E-state index contributed by atoms with van der Waals surface area (Å²) >= 11 is 0. The van der Waals surface area contributed by atoms with Crippen molar-refractivity contribution >= 4 is 0 Å². The monoisotopic (exact) mass is 227 g/mol. The summed E-state index contributed by atoms with van der Waals surface area (Å²) in [5.41, 5.74) is 5.03. The summed E-state index contributed by atoms with van der Waals surface area (Å²) < 4.78 is 10.9. The standard InChI is InChI=1S/C11H21N3O2/c1-4-11(5-2,15-6-3)10-13-9(7-8-12)16-14-10/h4-8,12H2,1-3H3. The summed E-state index contributed by atoms with van der Waals surface area (Å²) in [6.07, 6.45) is 2.28. The third kappa shape index (κ3) is 2.59. The molecule has 0 aliphatic rings. The fourth-order valence-corrected chi connectivity index (χ4v) is 1.78. The minimum atomic E-state index is -0.412. The molecule has 0 bridgehead atoms. The van der Waals surface area contributed by atoms with Gasteiger partial charge in [-0.15, -0.1) is 0 Å². The molecule has 16 heavy (non-hydrogen) atoms. The Morgan fingerprint density at radius 3 is 2.50 bits per heavy atom. The van der Waals surface area contributed by atoms with Crippen molar-refractivity contribution in [3.8, 4) is 0 Å². The highest BCUT2D eigenvalue weighted by atomic mass is 16.5. The summed E-state index contributed by atoms with van der Waals surface area (Å²) in [6.45, 7) is 7.27. The fraction of sp³-hybridized carbons (Fsp3) is 0.818. The molecular formula is C11H21N3O2. The minimum Gasteiger partial charge on any atom is -0.367 e. The van der Waals surface area contributed by atoms with Crippen LogP contribution in [0, 0.1) is 0 Å². The number of aromatic nitrogens is 2. The first-order valence-electron chi connectivity index (χ1n) is 5.89. The number of nitrogens with two attached hydrogens (primary N) is 1. The molecule has 1 aromatic rings. The quantitative estimate of drug-likeness (QED) is 0.766. The molecule has 0 radical (unpaired) electrons. The molecule has 0 amide bonds. The molecule has 0 saturated heterocycles. The highest BCUT2D eigenvalue weighted by Crippen LogP contribution is 2.30. The maximum Gasteiger partial charge on any atom is 0.228 e. The predicted octanol–water partition coefficient (Wildman–Crippen LogP) is 1.62. The highest BCUT2D eigenvalue weighted by Gasteiger charge is 2.34. The van der Waals surface area contributed by atoms with Crippen molar-refractivity contribution in [1.29, 1.82) is 0 Å². The third-order valence-electron chi connectivity index (χ3n) is 2.80. The number of hydrogen-bond donors (Lipinski definition) is 1. The Bertz CT molecular complexity index is 308. The Morgan fingerprint density at radius 1 is 1.31 bits per heavy atom. The molecule has 0 aliphatic carbocycles. The average Bonchev–Trinajstić information content (AvgIpc) is 2.76. The zero-order chi connectivity index (χ0) is 12.0. The van der Waals surface area contributed by atoms with Gasteiger partial charge in [0.25, 0.3) is 0 Å². The molecule has 0 aromatic carbocycles. The lowest BCUT2D eigenvalue weighted by molar-refractivity contribution is -0.0583. The second-order valence-corrected chi connectivity index (χ2v) is 3.68. The second-order valence-electron chi connectivity index (χ2n) is 3.68. The van der Waals surface area contributed by atoms with Crippen LogP contribution in [0.5, 0.6) is 0 Å². The van der Waals surface area contributed by atoms with Crippen molar-refractivity contribution < 1.29 is 9.26 Å². The molecule has 0 aliphatic heterocycles. The van der Waals surface area contributed by atoms with Crippen molar-refractivity contribution in [3.63, 3.8) is 0 Å². The fourth-order valence-electron chi connectivity index (χ4n) is 1.78. The number of ether oxygens (including phenoxy) is 1. The van der Waals surface area contributed by atoms with Gasteiger partial charge in [-0.2, -0.15) is 4.98 Å². The van der Waals surface area contributed by atoms with Crippen LogP contribution in [-0.4, -0.2) is 23.3 Å². The van der Waals surface area contributed by atoms with Crippen LogP contribution in [0.15, 0.2) is 4.52 Å². The van der Waals surface area contributed by atoms with Gasteiger partial charge >= 0.3 is 0 Å². The van der Waals surface area contributed by atoms with Crippen LogP contribution in [0.25, 0.3) is 0 Å². The Balaban J connectivity index is 2.91. The van der Waals surface area contributed by atoms with Crippen LogP contribution in [0.2, 0.25) is 0 Å². The Hall–Kier alpha value is -0.940. The maximum absolute atomic E-state index is 5.79. The van der Waals surface area contributed by atoms with E-state index in [1.807, 2.05) is 6.92 Å². The lowest BCUT2D eigenvalue weighted by Crippen LogP contribution is -2.29. The smallest absolute Gasteiger partial charge is 0.228 e. The van der Waals surface area contributed by atoms with E-state index in [9.17, 15) is 0 Å². The van der Waals surface area contributed by atoms with Crippen LogP contribution < -0.4 is 5.73 Å². The summed E-state index contributed by atoms with van der Waals surface area (Å²) in [4.78, 5) is 4.35. The summed E-state index contributed by atoms with van der Waals surface area (Å²) in [6, 6.07) is 0. The van der Waals surface area contributed by atoms with E-state index in [2.05, 4.69) is 24.0 Å². The van der Waals surface area contributed by atoms with E-state index in [4.69, 9.17) is 15.0 Å². The van der Waals surface area contributed by atoms with Gasteiger partial charge < -0.3 is 15.0 Å². The van der Waals surface area contributed by atoms with Crippen molar-refractivity contribution in [1.82, 2.24) is 10.1 Å². The average molecular weight is 227 g/mol.